The summed E-state index contributed by atoms with van der Waals surface area (Å²) in [6.07, 6.45) is 3.98. The van der Waals surface area contributed by atoms with E-state index in [4.69, 9.17) is 9.15 Å². The summed E-state index contributed by atoms with van der Waals surface area (Å²) in [5.74, 6) is 0. The first-order valence-corrected chi connectivity index (χ1v) is 7.49. The number of benzene rings is 1. The third kappa shape index (κ3) is 2.57. The molecule has 6 heteroatoms. The van der Waals surface area contributed by atoms with E-state index in [0.29, 0.717) is 12.6 Å². The molecule has 0 unspecified atom stereocenters. The van der Waals surface area contributed by atoms with E-state index in [1.807, 2.05) is 48.3 Å². The molecule has 0 bridgehead atoms. The molecule has 6 nitrogen and oxygen atoms in total. The minimum atomic E-state index is 0.0862. The van der Waals surface area contributed by atoms with E-state index >= 15 is 0 Å². The summed E-state index contributed by atoms with van der Waals surface area (Å²) in [6.45, 7) is 5.00. The summed E-state index contributed by atoms with van der Waals surface area (Å²) >= 11 is 0. The van der Waals surface area contributed by atoms with Crippen molar-refractivity contribution >= 4 is 17.1 Å². The number of morpholine rings is 1. The van der Waals surface area contributed by atoms with Gasteiger partial charge < -0.3 is 14.1 Å². The summed E-state index contributed by atoms with van der Waals surface area (Å²) in [7, 11) is 0. The maximum Gasteiger partial charge on any atom is 0.298 e. The highest BCUT2D eigenvalue weighted by Gasteiger charge is 2.24. The van der Waals surface area contributed by atoms with Gasteiger partial charge in [-0.15, -0.1) is 0 Å². The van der Waals surface area contributed by atoms with E-state index in [9.17, 15) is 0 Å². The van der Waals surface area contributed by atoms with E-state index in [0.717, 1.165) is 36.3 Å². The lowest BCUT2D eigenvalue weighted by atomic mass is 10.3. The Kier molecular flexibility index (Phi) is 3.31. The molecular formula is C16H18N4O2. The highest BCUT2D eigenvalue weighted by Crippen LogP contribution is 2.23. The number of aromatic nitrogens is 3. The Morgan fingerprint density at radius 3 is 3.05 bits per heavy atom. The van der Waals surface area contributed by atoms with Gasteiger partial charge in [0.15, 0.2) is 5.58 Å². The van der Waals surface area contributed by atoms with Gasteiger partial charge >= 0.3 is 0 Å². The van der Waals surface area contributed by atoms with E-state index in [2.05, 4.69) is 15.0 Å². The Hall–Kier alpha value is -2.34. The summed E-state index contributed by atoms with van der Waals surface area (Å²) in [6, 6.07) is 8.51. The number of anilines is 1. The van der Waals surface area contributed by atoms with Crippen molar-refractivity contribution in [1.82, 2.24) is 14.8 Å². The molecule has 0 radical (unpaired) electrons. The average Bonchev–Trinajstić information content (AvgIpc) is 3.13. The van der Waals surface area contributed by atoms with Gasteiger partial charge in [-0.05, 0) is 24.6 Å². The Morgan fingerprint density at radius 1 is 1.32 bits per heavy atom. The van der Waals surface area contributed by atoms with Crippen LogP contribution in [-0.4, -0.2) is 40.6 Å². The topological polar surface area (TPSA) is 56.3 Å². The van der Waals surface area contributed by atoms with Crippen molar-refractivity contribution in [2.75, 3.05) is 24.6 Å². The molecule has 1 fully saturated rings. The van der Waals surface area contributed by atoms with Gasteiger partial charge in [0.2, 0.25) is 0 Å². The number of para-hydroxylation sites is 2. The predicted octanol–water partition coefficient (Wildman–Crippen LogP) is 2.24. The van der Waals surface area contributed by atoms with Gasteiger partial charge in [0.05, 0.1) is 32.0 Å². The molecule has 0 N–H and O–H groups in total. The van der Waals surface area contributed by atoms with Crippen molar-refractivity contribution in [2.45, 2.75) is 19.6 Å². The third-order valence-electron chi connectivity index (χ3n) is 3.84. The lowest BCUT2D eigenvalue weighted by Gasteiger charge is -2.31. The quantitative estimate of drug-likeness (QED) is 0.742. The van der Waals surface area contributed by atoms with Gasteiger partial charge in [0.1, 0.15) is 5.52 Å². The molecule has 1 saturated heterocycles. The van der Waals surface area contributed by atoms with Crippen molar-refractivity contribution in [3.05, 3.63) is 42.2 Å². The molecule has 0 spiro atoms. The van der Waals surface area contributed by atoms with Gasteiger partial charge in [-0.25, -0.2) is 0 Å². The maximum atomic E-state index is 5.85. The zero-order valence-corrected chi connectivity index (χ0v) is 12.5. The Labute approximate surface area is 128 Å². The van der Waals surface area contributed by atoms with Crippen LogP contribution in [0.4, 0.5) is 6.01 Å². The highest BCUT2D eigenvalue weighted by atomic mass is 16.5. The minimum absolute atomic E-state index is 0.0862. The molecule has 0 saturated carbocycles. The molecule has 2 aromatic heterocycles. The second kappa shape index (κ2) is 5.46. The monoisotopic (exact) mass is 298 g/mol. The summed E-state index contributed by atoms with van der Waals surface area (Å²) in [5, 5.41) is 4.32. The predicted molar refractivity (Wildman–Crippen MR) is 82.9 cm³/mol. The van der Waals surface area contributed by atoms with Crippen molar-refractivity contribution < 1.29 is 9.15 Å². The molecule has 1 aromatic carbocycles. The molecule has 22 heavy (non-hydrogen) atoms. The molecule has 0 aliphatic carbocycles. The SMILES string of the molecule is Cc1cnn(C[C@@H]2CN(c3nc4ccccc4o3)CCO2)c1. The fourth-order valence-electron chi connectivity index (χ4n) is 2.77. The number of nitrogens with zero attached hydrogens (tertiary/aromatic N) is 4. The highest BCUT2D eigenvalue weighted by molar-refractivity contribution is 5.74. The smallest absolute Gasteiger partial charge is 0.298 e. The number of fused-ring (bicyclic) bond motifs is 1. The summed E-state index contributed by atoms with van der Waals surface area (Å²) in [4.78, 5) is 6.71. The van der Waals surface area contributed by atoms with E-state index < -0.39 is 0 Å². The Bertz CT molecular complexity index is 746. The molecule has 3 aromatic rings. The molecule has 4 rings (SSSR count). The number of ether oxygens (including phenoxy) is 1. The molecule has 1 aliphatic rings. The van der Waals surface area contributed by atoms with Crippen LogP contribution in [0.5, 0.6) is 0 Å². The van der Waals surface area contributed by atoms with E-state index in [-0.39, 0.29) is 6.10 Å². The minimum Gasteiger partial charge on any atom is -0.423 e. The van der Waals surface area contributed by atoms with Crippen molar-refractivity contribution in [2.24, 2.45) is 0 Å². The number of rotatable bonds is 3. The van der Waals surface area contributed by atoms with Gasteiger partial charge in [-0.2, -0.15) is 10.1 Å². The van der Waals surface area contributed by atoms with Crippen LogP contribution in [0, 0.1) is 6.92 Å². The molecule has 1 atom stereocenters. The van der Waals surface area contributed by atoms with Crippen LogP contribution < -0.4 is 4.90 Å². The first-order valence-electron chi connectivity index (χ1n) is 7.49. The normalized spacial score (nSPS) is 19.0. The van der Waals surface area contributed by atoms with Crippen molar-refractivity contribution in [1.29, 1.82) is 0 Å². The summed E-state index contributed by atoms with van der Waals surface area (Å²) < 4.78 is 13.6. The van der Waals surface area contributed by atoms with Crippen LogP contribution in [0.2, 0.25) is 0 Å². The van der Waals surface area contributed by atoms with Crippen LogP contribution in [0.15, 0.2) is 41.1 Å². The maximum absolute atomic E-state index is 5.85. The molecule has 3 heterocycles. The van der Waals surface area contributed by atoms with E-state index in [1.165, 1.54) is 0 Å². The molecule has 0 amide bonds. The van der Waals surface area contributed by atoms with Crippen LogP contribution in [0.1, 0.15) is 5.56 Å². The second-order valence-electron chi connectivity index (χ2n) is 5.64. The van der Waals surface area contributed by atoms with Gasteiger partial charge in [0.25, 0.3) is 6.01 Å². The number of oxazole rings is 1. The Morgan fingerprint density at radius 2 is 2.23 bits per heavy atom. The zero-order chi connectivity index (χ0) is 14.9. The largest absolute Gasteiger partial charge is 0.423 e. The van der Waals surface area contributed by atoms with Gasteiger partial charge in [0, 0.05) is 12.7 Å². The second-order valence-corrected chi connectivity index (χ2v) is 5.64. The first-order chi connectivity index (χ1) is 10.8. The average molecular weight is 298 g/mol. The number of aryl methyl sites for hydroxylation is 1. The van der Waals surface area contributed by atoms with Crippen molar-refractivity contribution in [3.63, 3.8) is 0 Å². The lowest BCUT2D eigenvalue weighted by molar-refractivity contribution is 0.0259. The lowest BCUT2D eigenvalue weighted by Crippen LogP contribution is -2.44. The summed E-state index contributed by atoms with van der Waals surface area (Å²) in [5.41, 5.74) is 2.87. The fraction of sp³-hybridized carbons (Fsp3) is 0.375. The van der Waals surface area contributed by atoms with Crippen LogP contribution in [0.25, 0.3) is 11.1 Å². The van der Waals surface area contributed by atoms with Crippen LogP contribution in [0.3, 0.4) is 0 Å². The van der Waals surface area contributed by atoms with E-state index in [1.54, 1.807) is 0 Å². The van der Waals surface area contributed by atoms with Crippen LogP contribution >= 0.6 is 0 Å². The third-order valence-corrected chi connectivity index (χ3v) is 3.84. The Balaban J connectivity index is 1.50. The van der Waals surface area contributed by atoms with Crippen molar-refractivity contribution in [3.8, 4) is 0 Å². The van der Waals surface area contributed by atoms with Crippen LogP contribution in [-0.2, 0) is 11.3 Å². The fourth-order valence-corrected chi connectivity index (χ4v) is 2.77. The molecular weight excluding hydrogens is 280 g/mol. The van der Waals surface area contributed by atoms with Gasteiger partial charge in [-0.3, -0.25) is 4.68 Å². The zero-order valence-electron chi connectivity index (χ0n) is 12.5. The van der Waals surface area contributed by atoms with Gasteiger partial charge in [-0.1, -0.05) is 12.1 Å². The standard InChI is InChI=1S/C16H18N4O2/c1-12-8-17-20(9-12)11-13-10-19(6-7-21-13)16-18-14-4-2-3-5-15(14)22-16/h2-5,8-9,13H,6-7,10-11H2,1H3/t13-/m0/s1. The number of hydrogen-bond donors (Lipinski definition) is 0. The molecule has 1 aliphatic heterocycles. The first kappa shape index (κ1) is 13.3. The number of hydrogen-bond acceptors (Lipinski definition) is 5. The molecule has 114 valence electrons.